The summed E-state index contributed by atoms with van der Waals surface area (Å²) in [7, 11) is -1.97. The zero-order chi connectivity index (χ0) is 16.2. The van der Waals surface area contributed by atoms with E-state index in [1.54, 1.807) is 18.2 Å². The minimum atomic E-state index is -3.39. The number of hydrogen-bond acceptors (Lipinski definition) is 3. The molecule has 2 rings (SSSR count). The molecule has 0 spiro atoms. The minimum absolute atomic E-state index is 0.292. The smallest absolute Gasteiger partial charge is 0.240 e. The Morgan fingerprint density at radius 1 is 0.909 bits per heavy atom. The summed E-state index contributed by atoms with van der Waals surface area (Å²) in [6, 6.07) is 13.4. The Hall–Kier alpha value is -1.69. The second kappa shape index (κ2) is 7.05. The second-order valence-electron chi connectivity index (χ2n) is 5.38. The maximum absolute atomic E-state index is 11.8. The van der Waals surface area contributed by atoms with E-state index in [-0.39, 0.29) is 0 Å². The molecular weight excluding hydrogens is 296 g/mol. The van der Waals surface area contributed by atoms with Crippen LogP contribution in [-0.4, -0.2) is 15.5 Å². The molecule has 4 nitrogen and oxygen atoms in total. The van der Waals surface area contributed by atoms with Gasteiger partial charge in [-0.05, 0) is 55.3 Å². The van der Waals surface area contributed by atoms with Crippen LogP contribution in [0.5, 0.6) is 0 Å². The van der Waals surface area contributed by atoms with E-state index >= 15 is 0 Å². The molecule has 118 valence electrons. The van der Waals surface area contributed by atoms with Gasteiger partial charge in [-0.3, -0.25) is 0 Å². The minimum Gasteiger partial charge on any atom is -0.309 e. The van der Waals surface area contributed by atoms with E-state index in [1.165, 1.54) is 23.7 Å². The maximum atomic E-state index is 11.8. The fourth-order valence-electron chi connectivity index (χ4n) is 2.21. The average Bonchev–Trinajstić information content (AvgIpc) is 2.51. The van der Waals surface area contributed by atoms with Crippen molar-refractivity contribution in [1.82, 2.24) is 10.0 Å². The summed E-state index contributed by atoms with van der Waals surface area (Å²) in [6.45, 7) is 5.58. The van der Waals surface area contributed by atoms with Crippen LogP contribution in [0.1, 0.15) is 22.3 Å². The first-order valence-electron chi connectivity index (χ1n) is 7.22. The molecule has 5 heteroatoms. The van der Waals surface area contributed by atoms with Crippen LogP contribution in [-0.2, 0) is 23.1 Å². The third-order valence-corrected chi connectivity index (χ3v) is 5.12. The molecule has 0 atom stereocenters. The van der Waals surface area contributed by atoms with Crippen LogP contribution < -0.4 is 10.0 Å². The summed E-state index contributed by atoms with van der Waals surface area (Å²) in [6.07, 6.45) is 0. The van der Waals surface area contributed by atoms with Crippen molar-refractivity contribution in [2.45, 2.75) is 31.8 Å². The van der Waals surface area contributed by atoms with Crippen molar-refractivity contribution in [2.75, 3.05) is 7.05 Å². The predicted octanol–water partition coefficient (Wildman–Crippen LogP) is 2.50. The van der Waals surface area contributed by atoms with Gasteiger partial charge < -0.3 is 5.32 Å². The summed E-state index contributed by atoms with van der Waals surface area (Å²) in [5, 5.41) is 3.35. The van der Waals surface area contributed by atoms with Gasteiger partial charge >= 0.3 is 0 Å². The highest BCUT2D eigenvalue weighted by molar-refractivity contribution is 7.89. The summed E-state index contributed by atoms with van der Waals surface area (Å²) in [5.41, 5.74) is 4.73. The number of rotatable bonds is 6. The first kappa shape index (κ1) is 16.7. The van der Waals surface area contributed by atoms with Crippen molar-refractivity contribution < 1.29 is 8.42 Å². The standard InChI is InChI=1S/C17H22N2O2S/c1-13-7-8-16(9-14(13)2)12-19-11-15-5-4-6-17(10-15)22(20,21)18-3/h4-10,18-19H,11-12H2,1-3H3. The van der Waals surface area contributed by atoms with Gasteiger partial charge in [-0.2, -0.15) is 0 Å². The molecule has 0 aliphatic rings. The quantitative estimate of drug-likeness (QED) is 0.860. The van der Waals surface area contributed by atoms with E-state index in [1.807, 2.05) is 6.07 Å². The summed E-state index contributed by atoms with van der Waals surface area (Å²) in [4.78, 5) is 0.292. The molecule has 0 amide bonds. The number of sulfonamides is 1. The fourth-order valence-corrected chi connectivity index (χ4v) is 3.01. The molecule has 22 heavy (non-hydrogen) atoms. The Morgan fingerprint density at radius 2 is 1.59 bits per heavy atom. The van der Waals surface area contributed by atoms with Gasteiger partial charge in [0.05, 0.1) is 4.90 Å². The van der Waals surface area contributed by atoms with Crippen molar-refractivity contribution in [3.63, 3.8) is 0 Å². The molecule has 0 bridgehead atoms. The lowest BCUT2D eigenvalue weighted by Crippen LogP contribution is -2.19. The Labute approximate surface area is 132 Å². The normalized spacial score (nSPS) is 11.6. The molecule has 0 aliphatic heterocycles. The van der Waals surface area contributed by atoms with E-state index < -0.39 is 10.0 Å². The van der Waals surface area contributed by atoms with Gasteiger partial charge in [-0.1, -0.05) is 30.3 Å². The van der Waals surface area contributed by atoms with Crippen LogP contribution in [0.3, 0.4) is 0 Å². The first-order chi connectivity index (χ1) is 10.4. The van der Waals surface area contributed by atoms with Crippen molar-refractivity contribution in [2.24, 2.45) is 0 Å². The molecule has 0 unspecified atom stereocenters. The molecule has 0 fully saturated rings. The monoisotopic (exact) mass is 318 g/mol. The lowest BCUT2D eigenvalue weighted by Gasteiger charge is -2.09. The van der Waals surface area contributed by atoms with Gasteiger partial charge in [0, 0.05) is 13.1 Å². The lowest BCUT2D eigenvalue weighted by atomic mass is 10.1. The SMILES string of the molecule is CNS(=O)(=O)c1cccc(CNCc2ccc(C)c(C)c2)c1. The Morgan fingerprint density at radius 3 is 2.23 bits per heavy atom. The number of benzene rings is 2. The third kappa shape index (κ3) is 4.16. The highest BCUT2D eigenvalue weighted by atomic mass is 32.2. The van der Waals surface area contributed by atoms with E-state index in [2.05, 4.69) is 42.1 Å². The molecule has 2 N–H and O–H groups in total. The van der Waals surface area contributed by atoms with E-state index in [9.17, 15) is 8.42 Å². The largest absolute Gasteiger partial charge is 0.309 e. The van der Waals surface area contributed by atoms with E-state index in [4.69, 9.17) is 0 Å². The van der Waals surface area contributed by atoms with Crippen LogP contribution >= 0.6 is 0 Å². The molecule has 2 aromatic rings. The number of nitrogens with one attached hydrogen (secondary N) is 2. The van der Waals surface area contributed by atoms with Gasteiger partial charge in [-0.25, -0.2) is 13.1 Å². The summed E-state index contributed by atoms with van der Waals surface area (Å²) in [5.74, 6) is 0. The molecule has 0 aliphatic carbocycles. The average molecular weight is 318 g/mol. The molecule has 0 saturated carbocycles. The second-order valence-corrected chi connectivity index (χ2v) is 7.26. The zero-order valence-corrected chi connectivity index (χ0v) is 14.0. The fraction of sp³-hybridized carbons (Fsp3) is 0.294. The molecular formula is C17H22N2O2S. The molecule has 0 aromatic heterocycles. The highest BCUT2D eigenvalue weighted by Gasteiger charge is 2.11. The van der Waals surface area contributed by atoms with Crippen LogP contribution in [0.2, 0.25) is 0 Å². The first-order valence-corrected chi connectivity index (χ1v) is 8.70. The van der Waals surface area contributed by atoms with Gasteiger partial charge in [0.25, 0.3) is 0 Å². The van der Waals surface area contributed by atoms with Crippen molar-refractivity contribution in [3.05, 3.63) is 64.7 Å². The lowest BCUT2D eigenvalue weighted by molar-refractivity contribution is 0.588. The Balaban J connectivity index is 2.00. The van der Waals surface area contributed by atoms with Gasteiger partial charge in [-0.15, -0.1) is 0 Å². The predicted molar refractivity (Wildman–Crippen MR) is 89.1 cm³/mol. The molecule has 0 heterocycles. The van der Waals surface area contributed by atoms with Gasteiger partial charge in [0.15, 0.2) is 0 Å². The Kier molecular flexibility index (Phi) is 5.34. The van der Waals surface area contributed by atoms with Gasteiger partial charge in [0.2, 0.25) is 10.0 Å². The molecule has 0 saturated heterocycles. The van der Waals surface area contributed by atoms with E-state index in [0.29, 0.717) is 11.4 Å². The molecule has 0 radical (unpaired) electrons. The third-order valence-electron chi connectivity index (χ3n) is 3.71. The zero-order valence-electron chi connectivity index (χ0n) is 13.2. The van der Waals surface area contributed by atoms with E-state index in [0.717, 1.165) is 12.1 Å². The summed E-state index contributed by atoms with van der Waals surface area (Å²) >= 11 is 0. The van der Waals surface area contributed by atoms with Crippen LogP contribution in [0.15, 0.2) is 47.4 Å². The Bertz CT molecular complexity index is 755. The van der Waals surface area contributed by atoms with Crippen molar-refractivity contribution >= 4 is 10.0 Å². The topological polar surface area (TPSA) is 58.2 Å². The number of aryl methyl sites for hydroxylation is 2. The van der Waals surface area contributed by atoms with Crippen LogP contribution in [0.4, 0.5) is 0 Å². The van der Waals surface area contributed by atoms with Crippen molar-refractivity contribution in [3.8, 4) is 0 Å². The summed E-state index contributed by atoms with van der Waals surface area (Å²) < 4.78 is 25.9. The number of hydrogen-bond donors (Lipinski definition) is 2. The van der Waals surface area contributed by atoms with Crippen LogP contribution in [0, 0.1) is 13.8 Å². The van der Waals surface area contributed by atoms with Crippen LogP contribution in [0.25, 0.3) is 0 Å². The molecule has 2 aromatic carbocycles. The van der Waals surface area contributed by atoms with Gasteiger partial charge in [0.1, 0.15) is 0 Å². The van der Waals surface area contributed by atoms with Crippen molar-refractivity contribution in [1.29, 1.82) is 0 Å². The highest BCUT2D eigenvalue weighted by Crippen LogP contribution is 2.12. The maximum Gasteiger partial charge on any atom is 0.240 e.